The lowest BCUT2D eigenvalue weighted by Gasteiger charge is -2.06. The second kappa shape index (κ2) is 4.96. The molecule has 1 N–H and O–H groups in total. The molecule has 0 unspecified atom stereocenters. The zero-order valence-corrected chi connectivity index (χ0v) is 9.00. The molecule has 0 aromatic heterocycles. The van der Waals surface area contributed by atoms with Crippen molar-refractivity contribution >= 4 is 5.71 Å². The molecule has 0 bridgehead atoms. The van der Waals surface area contributed by atoms with Crippen LogP contribution in [-0.2, 0) is 0 Å². The second-order valence-corrected chi connectivity index (χ2v) is 3.30. The molecule has 0 aromatic carbocycles. The maximum Gasteiger partial charge on any atom is 0.412 e. The standard InChI is InChI=1S/C11H14F3N/c1-7(9(3)10(4)15)5-6-8(2)11(12,13)14/h5-6,15H,3H2,1-2,4H3/b7-5+,8-6+,15-10?. The molecule has 0 heterocycles. The van der Waals surface area contributed by atoms with E-state index in [1.54, 1.807) is 13.8 Å². The molecule has 0 saturated heterocycles. The molecule has 0 aliphatic rings. The Balaban J connectivity index is 4.81. The molecule has 0 rings (SSSR count). The van der Waals surface area contributed by atoms with E-state index in [4.69, 9.17) is 5.41 Å². The summed E-state index contributed by atoms with van der Waals surface area (Å²) in [5.41, 5.74) is 0.589. The van der Waals surface area contributed by atoms with Crippen LogP contribution >= 0.6 is 0 Å². The minimum Gasteiger partial charge on any atom is -0.305 e. The quantitative estimate of drug-likeness (QED) is 0.545. The molecule has 0 aliphatic carbocycles. The van der Waals surface area contributed by atoms with Crippen molar-refractivity contribution in [3.05, 3.63) is 35.5 Å². The van der Waals surface area contributed by atoms with Gasteiger partial charge < -0.3 is 5.41 Å². The smallest absolute Gasteiger partial charge is 0.305 e. The molecular formula is C11H14F3N. The van der Waals surface area contributed by atoms with Gasteiger partial charge in [0.05, 0.1) is 0 Å². The summed E-state index contributed by atoms with van der Waals surface area (Å²) in [6.45, 7) is 7.76. The molecule has 0 atom stereocenters. The van der Waals surface area contributed by atoms with E-state index in [1.807, 2.05) is 0 Å². The number of rotatable bonds is 3. The number of alkyl halides is 3. The van der Waals surface area contributed by atoms with Crippen molar-refractivity contribution < 1.29 is 13.2 Å². The van der Waals surface area contributed by atoms with E-state index in [0.29, 0.717) is 11.1 Å². The average molecular weight is 217 g/mol. The zero-order chi connectivity index (χ0) is 12.2. The van der Waals surface area contributed by atoms with Gasteiger partial charge in [0, 0.05) is 11.3 Å². The molecule has 0 saturated carbocycles. The summed E-state index contributed by atoms with van der Waals surface area (Å²) in [6.07, 6.45) is -1.98. The van der Waals surface area contributed by atoms with Gasteiger partial charge in [-0.2, -0.15) is 13.2 Å². The molecule has 0 spiro atoms. The van der Waals surface area contributed by atoms with Crippen LogP contribution in [0, 0.1) is 5.41 Å². The van der Waals surface area contributed by atoms with Crippen LogP contribution in [0.25, 0.3) is 0 Å². The minimum atomic E-state index is -4.29. The summed E-state index contributed by atoms with van der Waals surface area (Å²) in [4.78, 5) is 0. The van der Waals surface area contributed by atoms with E-state index in [-0.39, 0.29) is 5.71 Å². The average Bonchev–Trinajstić information content (AvgIpc) is 2.10. The van der Waals surface area contributed by atoms with Crippen LogP contribution in [0.3, 0.4) is 0 Å². The van der Waals surface area contributed by atoms with Crippen molar-refractivity contribution in [2.45, 2.75) is 26.9 Å². The van der Waals surface area contributed by atoms with Crippen LogP contribution in [0.1, 0.15) is 20.8 Å². The first kappa shape index (κ1) is 13.7. The van der Waals surface area contributed by atoms with Crippen molar-refractivity contribution in [2.75, 3.05) is 0 Å². The fraction of sp³-hybridized carbons (Fsp3) is 0.364. The van der Waals surface area contributed by atoms with E-state index >= 15 is 0 Å². The SMILES string of the molecule is C=C(C(C)=N)/C(C)=C/C=C(\C)C(F)(F)F. The second-order valence-electron chi connectivity index (χ2n) is 3.30. The molecule has 0 fully saturated rings. The third-order valence-electron chi connectivity index (χ3n) is 1.96. The normalized spacial score (nSPS) is 14.0. The summed E-state index contributed by atoms with van der Waals surface area (Å²) in [5.74, 6) is 0. The van der Waals surface area contributed by atoms with Gasteiger partial charge in [0.25, 0.3) is 0 Å². The van der Waals surface area contributed by atoms with Crippen LogP contribution in [0.15, 0.2) is 35.5 Å². The lowest BCUT2D eigenvalue weighted by molar-refractivity contribution is -0.0912. The third kappa shape index (κ3) is 4.63. The monoisotopic (exact) mass is 217 g/mol. The summed E-state index contributed by atoms with van der Waals surface area (Å²) in [5, 5.41) is 7.26. The maximum atomic E-state index is 12.1. The summed E-state index contributed by atoms with van der Waals surface area (Å²) < 4.78 is 36.3. The highest BCUT2D eigenvalue weighted by atomic mass is 19.4. The molecule has 0 radical (unpaired) electrons. The van der Waals surface area contributed by atoms with Crippen molar-refractivity contribution in [1.29, 1.82) is 5.41 Å². The Labute approximate surface area is 87.5 Å². The van der Waals surface area contributed by atoms with E-state index < -0.39 is 11.7 Å². The highest BCUT2D eigenvalue weighted by Gasteiger charge is 2.29. The fourth-order valence-electron chi connectivity index (χ4n) is 0.741. The Morgan fingerprint density at radius 1 is 1.13 bits per heavy atom. The molecule has 15 heavy (non-hydrogen) atoms. The molecule has 0 aliphatic heterocycles. The van der Waals surface area contributed by atoms with Gasteiger partial charge in [0.2, 0.25) is 0 Å². The Hall–Kier alpha value is -1.32. The van der Waals surface area contributed by atoms with Crippen LogP contribution in [-0.4, -0.2) is 11.9 Å². The van der Waals surface area contributed by atoms with E-state index in [2.05, 4.69) is 6.58 Å². The van der Waals surface area contributed by atoms with Gasteiger partial charge >= 0.3 is 6.18 Å². The van der Waals surface area contributed by atoms with Gasteiger partial charge in [0.15, 0.2) is 0 Å². The molecule has 1 nitrogen and oxygen atoms in total. The predicted molar refractivity (Wildman–Crippen MR) is 56.1 cm³/mol. The minimum absolute atomic E-state index is 0.252. The number of nitrogens with one attached hydrogen (secondary N) is 1. The zero-order valence-electron chi connectivity index (χ0n) is 9.00. The lowest BCUT2D eigenvalue weighted by atomic mass is 10.0. The summed E-state index contributed by atoms with van der Waals surface area (Å²) in [7, 11) is 0. The lowest BCUT2D eigenvalue weighted by Crippen LogP contribution is -2.08. The van der Waals surface area contributed by atoms with Crippen LogP contribution in [0.4, 0.5) is 13.2 Å². The Morgan fingerprint density at radius 2 is 1.60 bits per heavy atom. The Morgan fingerprint density at radius 3 is 1.93 bits per heavy atom. The van der Waals surface area contributed by atoms with Crippen molar-refractivity contribution in [2.24, 2.45) is 0 Å². The van der Waals surface area contributed by atoms with Crippen LogP contribution in [0.2, 0.25) is 0 Å². The Kier molecular flexibility index (Phi) is 4.52. The van der Waals surface area contributed by atoms with E-state index in [9.17, 15) is 13.2 Å². The number of allylic oxidation sites excluding steroid dienone is 5. The van der Waals surface area contributed by atoms with Crippen molar-refractivity contribution in [1.82, 2.24) is 0 Å². The first-order valence-corrected chi connectivity index (χ1v) is 4.33. The van der Waals surface area contributed by atoms with Gasteiger partial charge in [-0.25, -0.2) is 0 Å². The molecule has 0 amide bonds. The number of hydrogen-bond acceptors (Lipinski definition) is 1. The van der Waals surface area contributed by atoms with E-state index in [0.717, 1.165) is 13.0 Å². The first-order chi connectivity index (χ1) is 6.66. The Bertz CT molecular complexity index is 332. The largest absolute Gasteiger partial charge is 0.412 e. The molecule has 0 aromatic rings. The number of hydrogen-bond donors (Lipinski definition) is 1. The van der Waals surface area contributed by atoms with Crippen molar-refractivity contribution in [3.8, 4) is 0 Å². The van der Waals surface area contributed by atoms with Gasteiger partial charge in [-0.3, -0.25) is 0 Å². The molecular weight excluding hydrogens is 203 g/mol. The van der Waals surface area contributed by atoms with Gasteiger partial charge in [-0.1, -0.05) is 18.7 Å². The number of halogens is 3. The molecule has 84 valence electrons. The summed E-state index contributed by atoms with van der Waals surface area (Å²) >= 11 is 0. The molecule has 4 heteroatoms. The van der Waals surface area contributed by atoms with Crippen LogP contribution < -0.4 is 0 Å². The summed E-state index contributed by atoms with van der Waals surface area (Å²) in [6, 6.07) is 0. The third-order valence-corrected chi connectivity index (χ3v) is 1.96. The van der Waals surface area contributed by atoms with Gasteiger partial charge in [-0.05, 0) is 31.9 Å². The highest BCUT2D eigenvalue weighted by Crippen LogP contribution is 2.25. The van der Waals surface area contributed by atoms with Gasteiger partial charge in [-0.15, -0.1) is 0 Å². The fourth-order valence-corrected chi connectivity index (χ4v) is 0.741. The van der Waals surface area contributed by atoms with Gasteiger partial charge in [0.1, 0.15) is 0 Å². The first-order valence-electron chi connectivity index (χ1n) is 4.33. The van der Waals surface area contributed by atoms with Crippen LogP contribution in [0.5, 0.6) is 0 Å². The maximum absolute atomic E-state index is 12.1. The van der Waals surface area contributed by atoms with E-state index in [1.165, 1.54) is 6.08 Å². The topological polar surface area (TPSA) is 23.9 Å². The predicted octanol–water partition coefficient (Wildman–Crippen LogP) is 4.04. The highest BCUT2D eigenvalue weighted by molar-refractivity contribution is 5.99. The van der Waals surface area contributed by atoms with Crippen molar-refractivity contribution in [3.63, 3.8) is 0 Å².